The van der Waals surface area contributed by atoms with Gasteiger partial charge in [-0.1, -0.05) is 12.1 Å². The average Bonchev–Trinajstić information content (AvgIpc) is 2.86. The van der Waals surface area contributed by atoms with Crippen LogP contribution in [0, 0.1) is 0 Å². The van der Waals surface area contributed by atoms with Crippen LogP contribution in [0.15, 0.2) is 47.3 Å². The van der Waals surface area contributed by atoms with Crippen LogP contribution in [0.3, 0.4) is 0 Å². The second-order valence-electron chi connectivity index (χ2n) is 4.16. The molecule has 0 spiro atoms. The smallest absolute Gasteiger partial charge is 0.307 e. The third kappa shape index (κ3) is 2.30. The first-order valence-corrected chi connectivity index (χ1v) is 5.73. The molecule has 0 aliphatic heterocycles. The summed E-state index contributed by atoms with van der Waals surface area (Å²) in [5, 5.41) is 9.70. The van der Waals surface area contributed by atoms with E-state index in [1.165, 1.54) is 12.4 Å². The highest BCUT2D eigenvalue weighted by Crippen LogP contribution is 2.22. The Kier molecular flexibility index (Phi) is 2.72. The van der Waals surface area contributed by atoms with Gasteiger partial charge < -0.3 is 9.52 Å². The molecule has 0 saturated heterocycles. The molecule has 1 N–H and O–H groups in total. The maximum atomic E-state index is 10.6. The zero-order valence-electron chi connectivity index (χ0n) is 9.91. The Labute approximate surface area is 108 Å². The van der Waals surface area contributed by atoms with Crippen LogP contribution in [-0.4, -0.2) is 21.0 Å². The Balaban J connectivity index is 1.94. The van der Waals surface area contributed by atoms with Crippen LogP contribution in [0.5, 0.6) is 0 Å². The number of fused-ring (bicyclic) bond motifs is 1. The second-order valence-corrected chi connectivity index (χ2v) is 4.16. The van der Waals surface area contributed by atoms with Crippen molar-refractivity contribution in [2.45, 2.75) is 6.42 Å². The second kappa shape index (κ2) is 4.53. The van der Waals surface area contributed by atoms with Crippen molar-refractivity contribution in [2.24, 2.45) is 0 Å². The highest BCUT2D eigenvalue weighted by Gasteiger charge is 2.06. The van der Waals surface area contributed by atoms with Crippen molar-refractivity contribution in [2.75, 3.05) is 0 Å². The van der Waals surface area contributed by atoms with E-state index in [1.54, 1.807) is 6.26 Å². The lowest BCUT2D eigenvalue weighted by Gasteiger charge is -2.01. The number of carboxylic acid groups (broad SMARTS) is 1. The van der Waals surface area contributed by atoms with Crippen LogP contribution >= 0.6 is 0 Å². The molecule has 0 amide bonds. The number of nitrogens with zero attached hydrogens (tertiary/aromatic N) is 2. The fourth-order valence-electron chi connectivity index (χ4n) is 1.86. The van der Waals surface area contributed by atoms with Crippen molar-refractivity contribution >= 4 is 16.9 Å². The molecule has 2 heterocycles. The monoisotopic (exact) mass is 254 g/mol. The standard InChI is InChI=1S/C14H10N2O3/c17-13(18)5-9-7-15-14(16-8-9)11-2-1-10-3-4-19-12(10)6-11/h1-4,6-8H,5H2,(H,17,18). The maximum Gasteiger partial charge on any atom is 0.307 e. The molecule has 0 atom stereocenters. The van der Waals surface area contributed by atoms with Gasteiger partial charge in [0.05, 0.1) is 12.7 Å². The molecule has 0 fully saturated rings. The highest BCUT2D eigenvalue weighted by molar-refractivity contribution is 5.81. The predicted molar refractivity (Wildman–Crippen MR) is 68.6 cm³/mol. The van der Waals surface area contributed by atoms with Gasteiger partial charge in [0.25, 0.3) is 0 Å². The highest BCUT2D eigenvalue weighted by atomic mass is 16.4. The lowest BCUT2D eigenvalue weighted by atomic mass is 10.1. The molecule has 1 aromatic carbocycles. The van der Waals surface area contributed by atoms with Gasteiger partial charge in [-0.05, 0) is 17.7 Å². The Hall–Kier alpha value is -2.69. The molecule has 0 bridgehead atoms. The Morgan fingerprint density at radius 1 is 1.21 bits per heavy atom. The van der Waals surface area contributed by atoms with E-state index in [0.29, 0.717) is 11.4 Å². The van der Waals surface area contributed by atoms with E-state index < -0.39 is 5.97 Å². The first-order valence-electron chi connectivity index (χ1n) is 5.73. The summed E-state index contributed by atoms with van der Waals surface area (Å²) in [6, 6.07) is 7.59. The Morgan fingerprint density at radius 3 is 2.74 bits per heavy atom. The quantitative estimate of drug-likeness (QED) is 0.777. The van der Waals surface area contributed by atoms with Crippen LogP contribution in [0.1, 0.15) is 5.56 Å². The summed E-state index contributed by atoms with van der Waals surface area (Å²) in [7, 11) is 0. The molecule has 3 aromatic rings. The molecule has 5 nitrogen and oxygen atoms in total. The van der Waals surface area contributed by atoms with E-state index >= 15 is 0 Å². The van der Waals surface area contributed by atoms with E-state index in [2.05, 4.69) is 9.97 Å². The predicted octanol–water partition coefficient (Wildman–Crippen LogP) is 2.52. The number of benzene rings is 1. The number of carboxylic acids is 1. The molecule has 2 aromatic heterocycles. The van der Waals surface area contributed by atoms with Crippen LogP contribution in [0.2, 0.25) is 0 Å². The molecular formula is C14H10N2O3. The minimum atomic E-state index is -0.895. The van der Waals surface area contributed by atoms with E-state index in [-0.39, 0.29) is 6.42 Å². The van der Waals surface area contributed by atoms with Crippen molar-refractivity contribution in [3.63, 3.8) is 0 Å². The summed E-state index contributed by atoms with van der Waals surface area (Å²) >= 11 is 0. The van der Waals surface area contributed by atoms with Crippen molar-refractivity contribution < 1.29 is 14.3 Å². The van der Waals surface area contributed by atoms with Gasteiger partial charge in [0.15, 0.2) is 5.82 Å². The number of furan rings is 1. The minimum absolute atomic E-state index is 0.0719. The normalized spacial score (nSPS) is 10.7. The largest absolute Gasteiger partial charge is 0.481 e. The van der Waals surface area contributed by atoms with Gasteiger partial charge in [0, 0.05) is 23.3 Å². The Morgan fingerprint density at radius 2 is 2.00 bits per heavy atom. The Bertz CT molecular complexity index is 732. The molecule has 19 heavy (non-hydrogen) atoms. The molecule has 94 valence electrons. The number of carbonyl (C=O) groups is 1. The molecule has 3 rings (SSSR count). The van der Waals surface area contributed by atoms with E-state index in [0.717, 1.165) is 16.5 Å². The molecule has 0 unspecified atom stereocenters. The molecule has 0 aliphatic carbocycles. The first kappa shape index (κ1) is 11.4. The summed E-state index contributed by atoms with van der Waals surface area (Å²) in [6.45, 7) is 0. The molecule has 0 radical (unpaired) electrons. The number of hydrogen-bond donors (Lipinski definition) is 1. The van der Waals surface area contributed by atoms with Crippen molar-refractivity contribution in [3.05, 3.63) is 48.5 Å². The lowest BCUT2D eigenvalue weighted by Crippen LogP contribution is -2.01. The minimum Gasteiger partial charge on any atom is -0.481 e. The van der Waals surface area contributed by atoms with Crippen molar-refractivity contribution in [1.29, 1.82) is 0 Å². The topological polar surface area (TPSA) is 76.2 Å². The molecule has 5 heteroatoms. The van der Waals surface area contributed by atoms with Gasteiger partial charge >= 0.3 is 5.97 Å². The van der Waals surface area contributed by atoms with E-state index in [9.17, 15) is 4.79 Å². The number of aliphatic carboxylic acids is 1. The fourth-order valence-corrected chi connectivity index (χ4v) is 1.86. The summed E-state index contributed by atoms with van der Waals surface area (Å²) in [5.74, 6) is -0.346. The zero-order chi connectivity index (χ0) is 13.2. The summed E-state index contributed by atoms with van der Waals surface area (Å²) in [4.78, 5) is 18.9. The van der Waals surface area contributed by atoms with Crippen molar-refractivity contribution in [1.82, 2.24) is 9.97 Å². The number of hydrogen-bond acceptors (Lipinski definition) is 4. The van der Waals surface area contributed by atoms with Crippen LogP contribution in [0.25, 0.3) is 22.4 Å². The van der Waals surface area contributed by atoms with Gasteiger partial charge in [-0.25, -0.2) is 9.97 Å². The number of aromatic nitrogens is 2. The van der Waals surface area contributed by atoms with Crippen molar-refractivity contribution in [3.8, 4) is 11.4 Å². The lowest BCUT2D eigenvalue weighted by molar-refractivity contribution is -0.136. The van der Waals surface area contributed by atoms with E-state index in [4.69, 9.17) is 9.52 Å². The third-order valence-corrected chi connectivity index (χ3v) is 2.78. The summed E-state index contributed by atoms with van der Waals surface area (Å²) in [5.41, 5.74) is 2.19. The fraction of sp³-hybridized carbons (Fsp3) is 0.0714. The molecule has 0 saturated carbocycles. The first-order chi connectivity index (χ1) is 9.22. The average molecular weight is 254 g/mol. The van der Waals surface area contributed by atoms with Crippen LogP contribution in [0.4, 0.5) is 0 Å². The van der Waals surface area contributed by atoms with Crippen LogP contribution in [-0.2, 0) is 11.2 Å². The van der Waals surface area contributed by atoms with Gasteiger partial charge in [-0.15, -0.1) is 0 Å². The van der Waals surface area contributed by atoms with Gasteiger partial charge in [0.2, 0.25) is 0 Å². The molecule has 0 aliphatic rings. The summed E-state index contributed by atoms with van der Waals surface area (Å²) < 4.78 is 5.32. The SMILES string of the molecule is O=C(O)Cc1cnc(-c2ccc3ccoc3c2)nc1. The van der Waals surface area contributed by atoms with Gasteiger partial charge in [-0.2, -0.15) is 0 Å². The van der Waals surface area contributed by atoms with Gasteiger partial charge in [0.1, 0.15) is 5.58 Å². The number of rotatable bonds is 3. The van der Waals surface area contributed by atoms with Crippen LogP contribution < -0.4 is 0 Å². The maximum absolute atomic E-state index is 10.6. The van der Waals surface area contributed by atoms with E-state index in [1.807, 2.05) is 24.3 Å². The molecular weight excluding hydrogens is 244 g/mol. The van der Waals surface area contributed by atoms with Gasteiger partial charge in [-0.3, -0.25) is 4.79 Å². The zero-order valence-corrected chi connectivity index (χ0v) is 9.91. The summed E-state index contributed by atoms with van der Waals surface area (Å²) in [6.07, 6.45) is 4.62. The third-order valence-electron chi connectivity index (χ3n) is 2.78.